The van der Waals surface area contributed by atoms with Gasteiger partial charge in [0.2, 0.25) is 0 Å². The molecule has 2 heterocycles. The first-order valence-electron chi connectivity index (χ1n) is 6.15. The van der Waals surface area contributed by atoms with Gasteiger partial charge < -0.3 is 15.2 Å². The van der Waals surface area contributed by atoms with Crippen LogP contribution in [0.4, 0.5) is 0 Å². The van der Waals surface area contributed by atoms with Gasteiger partial charge in [0.15, 0.2) is 0 Å². The first-order chi connectivity index (χ1) is 8.18. The van der Waals surface area contributed by atoms with Crippen molar-refractivity contribution in [2.45, 2.75) is 19.8 Å². The molecule has 1 amide bonds. The van der Waals surface area contributed by atoms with Crippen molar-refractivity contribution in [1.29, 1.82) is 0 Å². The molecule has 1 fully saturated rings. The van der Waals surface area contributed by atoms with Crippen LogP contribution in [-0.4, -0.2) is 35.1 Å². The number of hydrogen-bond acceptors (Lipinski definition) is 3. The molecular formula is C12H22Cl2N4O. The van der Waals surface area contributed by atoms with E-state index >= 15 is 0 Å². The Kier molecular flexibility index (Phi) is 8.06. The minimum Gasteiger partial charge on any atom is -0.350 e. The summed E-state index contributed by atoms with van der Waals surface area (Å²) in [7, 11) is 1.85. The predicted molar refractivity (Wildman–Crippen MR) is 80.4 cm³/mol. The molecule has 1 saturated heterocycles. The Bertz CT molecular complexity index is 383. The number of carbonyl (C=O) groups excluding carboxylic acids is 1. The van der Waals surface area contributed by atoms with Crippen LogP contribution in [0.2, 0.25) is 0 Å². The molecule has 0 aliphatic carbocycles. The summed E-state index contributed by atoms with van der Waals surface area (Å²) in [4.78, 5) is 16.1. The summed E-state index contributed by atoms with van der Waals surface area (Å²) in [5.41, 5.74) is 1.45. The predicted octanol–water partition coefficient (Wildman–Crippen LogP) is 1.30. The summed E-state index contributed by atoms with van der Waals surface area (Å²) < 4.78 is 1.77. The van der Waals surface area contributed by atoms with Gasteiger partial charge in [0, 0.05) is 13.6 Å². The summed E-state index contributed by atoms with van der Waals surface area (Å²) in [6, 6.07) is 0. The van der Waals surface area contributed by atoms with E-state index in [1.54, 1.807) is 10.9 Å². The van der Waals surface area contributed by atoms with E-state index in [-0.39, 0.29) is 30.7 Å². The lowest BCUT2D eigenvalue weighted by Gasteiger charge is -2.22. The number of imidazole rings is 1. The molecule has 110 valence electrons. The molecule has 5 nitrogen and oxygen atoms in total. The molecular weight excluding hydrogens is 287 g/mol. The second kappa shape index (κ2) is 8.40. The van der Waals surface area contributed by atoms with Gasteiger partial charge >= 0.3 is 0 Å². The largest absolute Gasteiger partial charge is 0.350 e. The fourth-order valence-corrected chi connectivity index (χ4v) is 2.28. The van der Waals surface area contributed by atoms with Crippen molar-refractivity contribution in [3.05, 3.63) is 17.7 Å². The fraction of sp³-hybridized carbons (Fsp3) is 0.667. The number of carbonyl (C=O) groups is 1. The third-order valence-corrected chi connectivity index (χ3v) is 3.35. The summed E-state index contributed by atoms with van der Waals surface area (Å²) >= 11 is 0. The van der Waals surface area contributed by atoms with Crippen molar-refractivity contribution < 1.29 is 4.79 Å². The van der Waals surface area contributed by atoms with Gasteiger partial charge in [-0.3, -0.25) is 4.79 Å². The quantitative estimate of drug-likeness (QED) is 0.885. The van der Waals surface area contributed by atoms with Crippen molar-refractivity contribution in [3.63, 3.8) is 0 Å². The van der Waals surface area contributed by atoms with Crippen molar-refractivity contribution in [2.75, 3.05) is 19.6 Å². The SMILES string of the molecule is Cc1ncn(C)c1C(=O)NCC1CCNCC1.Cl.Cl. The lowest BCUT2D eigenvalue weighted by atomic mass is 9.98. The van der Waals surface area contributed by atoms with E-state index in [2.05, 4.69) is 15.6 Å². The third-order valence-electron chi connectivity index (χ3n) is 3.35. The highest BCUT2D eigenvalue weighted by Gasteiger charge is 2.17. The molecule has 0 aromatic carbocycles. The highest BCUT2D eigenvalue weighted by molar-refractivity contribution is 5.93. The maximum absolute atomic E-state index is 12.0. The number of aryl methyl sites for hydroxylation is 2. The Morgan fingerprint density at radius 1 is 1.47 bits per heavy atom. The second-order valence-corrected chi connectivity index (χ2v) is 4.69. The standard InChI is InChI=1S/C12H20N4O.2ClH/c1-9-11(16(2)8-15-9)12(17)14-7-10-3-5-13-6-4-10;;/h8,10,13H,3-7H2,1-2H3,(H,14,17);2*1H. The van der Waals surface area contributed by atoms with E-state index in [0.717, 1.165) is 38.2 Å². The number of aromatic nitrogens is 2. The van der Waals surface area contributed by atoms with Crippen molar-refractivity contribution >= 4 is 30.7 Å². The lowest BCUT2D eigenvalue weighted by molar-refractivity contribution is 0.0935. The summed E-state index contributed by atoms with van der Waals surface area (Å²) in [5.74, 6) is 0.592. The zero-order chi connectivity index (χ0) is 12.3. The Morgan fingerprint density at radius 3 is 2.63 bits per heavy atom. The summed E-state index contributed by atoms with van der Waals surface area (Å²) in [5, 5.41) is 6.33. The van der Waals surface area contributed by atoms with Gasteiger partial charge in [0.25, 0.3) is 5.91 Å². The van der Waals surface area contributed by atoms with Gasteiger partial charge in [0.05, 0.1) is 12.0 Å². The molecule has 19 heavy (non-hydrogen) atoms. The van der Waals surface area contributed by atoms with Crippen LogP contribution in [-0.2, 0) is 7.05 Å². The van der Waals surface area contributed by atoms with Crippen LogP contribution in [0.25, 0.3) is 0 Å². The first kappa shape index (κ1) is 18.2. The van der Waals surface area contributed by atoms with Crippen molar-refractivity contribution in [3.8, 4) is 0 Å². The Morgan fingerprint density at radius 2 is 2.11 bits per heavy atom. The minimum absolute atomic E-state index is 0. The lowest BCUT2D eigenvalue weighted by Crippen LogP contribution is -2.36. The zero-order valence-corrected chi connectivity index (χ0v) is 12.9. The number of halogens is 2. The highest BCUT2D eigenvalue weighted by Crippen LogP contribution is 2.11. The Balaban J connectivity index is 0.00000162. The average Bonchev–Trinajstić information content (AvgIpc) is 2.67. The molecule has 1 aromatic heterocycles. The molecule has 0 radical (unpaired) electrons. The van der Waals surface area contributed by atoms with Gasteiger partial charge in [-0.15, -0.1) is 24.8 Å². The molecule has 7 heteroatoms. The smallest absolute Gasteiger partial charge is 0.269 e. The molecule has 0 unspecified atom stereocenters. The van der Waals surface area contributed by atoms with Gasteiger partial charge in [-0.2, -0.15) is 0 Å². The first-order valence-corrected chi connectivity index (χ1v) is 6.15. The van der Waals surface area contributed by atoms with E-state index in [1.807, 2.05) is 14.0 Å². The molecule has 0 bridgehead atoms. The number of rotatable bonds is 3. The molecule has 1 aromatic rings. The number of hydrogen-bond donors (Lipinski definition) is 2. The molecule has 0 saturated carbocycles. The van der Waals surface area contributed by atoms with E-state index < -0.39 is 0 Å². The van der Waals surface area contributed by atoms with Crippen LogP contribution in [0.5, 0.6) is 0 Å². The van der Waals surface area contributed by atoms with Gasteiger partial charge in [-0.05, 0) is 38.8 Å². The van der Waals surface area contributed by atoms with E-state index in [1.165, 1.54) is 0 Å². The van der Waals surface area contributed by atoms with Crippen LogP contribution >= 0.6 is 24.8 Å². The molecule has 0 atom stereocenters. The molecule has 2 N–H and O–H groups in total. The maximum atomic E-state index is 12.0. The van der Waals surface area contributed by atoms with Crippen molar-refractivity contribution in [2.24, 2.45) is 13.0 Å². The summed E-state index contributed by atoms with van der Waals surface area (Å²) in [6.07, 6.45) is 3.96. The van der Waals surface area contributed by atoms with E-state index in [0.29, 0.717) is 11.6 Å². The maximum Gasteiger partial charge on any atom is 0.269 e. The van der Waals surface area contributed by atoms with Crippen LogP contribution < -0.4 is 10.6 Å². The zero-order valence-electron chi connectivity index (χ0n) is 11.3. The Hall–Kier alpha value is -0.780. The molecule has 1 aliphatic heterocycles. The Labute approximate surface area is 126 Å². The fourth-order valence-electron chi connectivity index (χ4n) is 2.28. The summed E-state index contributed by atoms with van der Waals surface area (Å²) in [6.45, 7) is 4.75. The topological polar surface area (TPSA) is 59.0 Å². The molecule has 2 rings (SSSR count). The van der Waals surface area contributed by atoms with Gasteiger partial charge in [-0.1, -0.05) is 0 Å². The second-order valence-electron chi connectivity index (χ2n) is 4.69. The van der Waals surface area contributed by atoms with Crippen LogP contribution in [0, 0.1) is 12.8 Å². The van der Waals surface area contributed by atoms with Crippen LogP contribution in [0.1, 0.15) is 29.0 Å². The average molecular weight is 309 g/mol. The number of piperidine rings is 1. The highest BCUT2D eigenvalue weighted by atomic mass is 35.5. The minimum atomic E-state index is -0.0129. The van der Waals surface area contributed by atoms with Gasteiger partial charge in [-0.25, -0.2) is 4.98 Å². The molecule has 1 aliphatic rings. The normalized spacial score (nSPS) is 15.3. The van der Waals surface area contributed by atoms with Gasteiger partial charge in [0.1, 0.15) is 5.69 Å². The van der Waals surface area contributed by atoms with E-state index in [9.17, 15) is 4.79 Å². The monoisotopic (exact) mass is 308 g/mol. The molecule has 0 spiro atoms. The number of amides is 1. The van der Waals surface area contributed by atoms with Crippen LogP contribution in [0.15, 0.2) is 6.33 Å². The van der Waals surface area contributed by atoms with Crippen LogP contribution in [0.3, 0.4) is 0 Å². The van der Waals surface area contributed by atoms with E-state index in [4.69, 9.17) is 0 Å². The number of nitrogens with one attached hydrogen (secondary N) is 2. The van der Waals surface area contributed by atoms with Crippen molar-refractivity contribution in [1.82, 2.24) is 20.2 Å². The third kappa shape index (κ3) is 4.67. The number of nitrogens with zero attached hydrogens (tertiary/aromatic N) is 2.